The molecule has 3 rings (SSSR count). The molecule has 6 nitrogen and oxygen atoms in total. The molecule has 134 valence electrons. The van der Waals surface area contributed by atoms with Gasteiger partial charge in [-0.15, -0.1) is 0 Å². The van der Waals surface area contributed by atoms with Crippen molar-refractivity contribution >= 4 is 5.91 Å². The molecular formula is C19H27N5O. The van der Waals surface area contributed by atoms with E-state index in [4.69, 9.17) is 0 Å². The molecule has 1 aliphatic rings. The molecule has 1 saturated heterocycles. The van der Waals surface area contributed by atoms with Gasteiger partial charge in [-0.25, -0.2) is 9.97 Å². The first-order valence-electron chi connectivity index (χ1n) is 8.93. The van der Waals surface area contributed by atoms with Gasteiger partial charge in [0.15, 0.2) is 0 Å². The SMILES string of the molecule is Cc1cccc(C(=O)N2CCCC(c3nccn3CCN(C)C)C2)n1. The van der Waals surface area contributed by atoms with Gasteiger partial charge < -0.3 is 14.4 Å². The van der Waals surface area contributed by atoms with E-state index in [1.807, 2.05) is 36.4 Å². The lowest BCUT2D eigenvalue weighted by molar-refractivity contribution is 0.0697. The summed E-state index contributed by atoms with van der Waals surface area (Å²) in [4.78, 5) is 25.9. The van der Waals surface area contributed by atoms with E-state index < -0.39 is 0 Å². The van der Waals surface area contributed by atoms with Crippen LogP contribution in [0.1, 0.15) is 40.8 Å². The molecule has 0 spiro atoms. The van der Waals surface area contributed by atoms with Crippen LogP contribution in [0.25, 0.3) is 0 Å². The van der Waals surface area contributed by atoms with Gasteiger partial charge in [-0.2, -0.15) is 0 Å². The van der Waals surface area contributed by atoms with E-state index in [1.54, 1.807) is 6.07 Å². The van der Waals surface area contributed by atoms with Crippen LogP contribution in [0.15, 0.2) is 30.6 Å². The third kappa shape index (κ3) is 4.25. The number of likely N-dealkylation sites (N-methyl/N-ethyl adjacent to an activating group) is 1. The molecule has 2 aromatic heterocycles. The minimum atomic E-state index is 0.0276. The molecule has 2 aromatic rings. The van der Waals surface area contributed by atoms with Crippen LogP contribution in [0.3, 0.4) is 0 Å². The number of hydrogen-bond acceptors (Lipinski definition) is 4. The molecule has 1 amide bonds. The Morgan fingerprint density at radius 1 is 1.36 bits per heavy atom. The predicted molar refractivity (Wildman–Crippen MR) is 97.6 cm³/mol. The number of hydrogen-bond donors (Lipinski definition) is 0. The molecule has 0 aliphatic carbocycles. The first kappa shape index (κ1) is 17.6. The molecular weight excluding hydrogens is 314 g/mol. The average Bonchev–Trinajstić information content (AvgIpc) is 3.08. The third-order valence-corrected chi connectivity index (χ3v) is 4.72. The summed E-state index contributed by atoms with van der Waals surface area (Å²) in [5, 5.41) is 0. The summed E-state index contributed by atoms with van der Waals surface area (Å²) in [5.41, 5.74) is 1.41. The van der Waals surface area contributed by atoms with Gasteiger partial charge in [-0.05, 0) is 46.0 Å². The van der Waals surface area contributed by atoms with Crippen LogP contribution in [-0.2, 0) is 6.54 Å². The van der Waals surface area contributed by atoms with Crippen LogP contribution in [0.2, 0.25) is 0 Å². The van der Waals surface area contributed by atoms with Crippen LogP contribution >= 0.6 is 0 Å². The van der Waals surface area contributed by atoms with Gasteiger partial charge in [-0.3, -0.25) is 4.79 Å². The minimum Gasteiger partial charge on any atom is -0.337 e. The molecule has 25 heavy (non-hydrogen) atoms. The van der Waals surface area contributed by atoms with Gasteiger partial charge in [0.2, 0.25) is 0 Å². The maximum absolute atomic E-state index is 12.8. The van der Waals surface area contributed by atoms with Crippen LogP contribution in [0, 0.1) is 6.92 Å². The number of likely N-dealkylation sites (tertiary alicyclic amines) is 1. The Kier molecular flexibility index (Phi) is 5.48. The molecule has 0 aromatic carbocycles. The quantitative estimate of drug-likeness (QED) is 0.836. The summed E-state index contributed by atoms with van der Waals surface area (Å²) >= 11 is 0. The van der Waals surface area contributed by atoms with Crippen molar-refractivity contribution < 1.29 is 4.79 Å². The molecule has 1 fully saturated rings. The van der Waals surface area contributed by atoms with E-state index in [2.05, 4.69) is 33.5 Å². The molecule has 0 N–H and O–H groups in total. The fourth-order valence-corrected chi connectivity index (χ4v) is 3.37. The van der Waals surface area contributed by atoms with Crippen LogP contribution < -0.4 is 0 Å². The van der Waals surface area contributed by atoms with E-state index in [-0.39, 0.29) is 5.91 Å². The van der Waals surface area contributed by atoms with Crippen LogP contribution in [0.4, 0.5) is 0 Å². The zero-order valence-corrected chi connectivity index (χ0v) is 15.4. The Labute approximate surface area is 149 Å². The first-order valence-corrected chi connectivity index (χ1v) is 8.93. The lowest BCUT2D eigenvalue weighted by Gasteiger charge is -2.32. The second-order valence-electron chi connectivity index (χ2n) is 7.04. The Morgan fingerprint density at radius 2 is 2.20 bits per heavy atom. The number of aromatic nitrogens is 3. The number of amides is 1. The summed E-state index contributed by atoms with van der Waals surface area (Å²) in [5.74, 6) is 1.41. The summed E-state index contributed by atoms with van der Waals surface area (Å²) in [7, 11) is 4.15. The number of carbonyl (C=O) groups excluding carboxylic acids is 1. The monoisotopic (exact) mass is 341 g/mol. The van der Waals surface area contributed by atoms with Gasteiger partial charge in [0, 0.05) is 50.2 Å². The molecule has 1 atom stereocenters. The number of rotatable bonds is 5. The lowest BCUT2D eigenvalue weighted by Crippen LogP contribution is -2.40. The normalized spacial score (nSPS) is 17.9. The van der Waals surface area contributed by atoms with Crippen molar-refractivity contribution in [3.05, 3.63) is 47.8 Å². The van der Waals surface area contributed by atoms with E-state index >= 15 is 0 Å². The Balaban J connectivity index is 1.71. The van der Waals surface area contributed by atoms with Gasteiger partial charge >= 0.3 is 0 Å². The predicted octanol–water partition coefficient (Wildman–Crippen LogP) is 2.17. The summed E-state index contributed by atoms with van der Waals surface area (Å²) in [6.45, 7) is 5.33. The Hall–Kier alpha value is -2.21. The van der Waals surface area contributed by atoms with Gasteiger partial charge in [0.25, 0.3) is 5.91 Å². The number of pyridine rings is 1. The van der Waals surface area contributed by atoms with Crippen molar-refractivity contribution in [3.63, 3.8) is 0 Å². The van der Waals surface area contributed by atoms with Crippen molar-refractivity contribution in [2.75, 3.05) is 33.7 Å². The number of aryl methyl sites for hydroxylation is 1. The van der Waals surface area contributed by atoms with Gasteiger partial charge in [0.1, 0.15) is 11.5 Å². The molecule has 1 aliphatic heterocycles. The van der Waals surface area contributed by atoms with E-state index in [0.29, 0.717) is 18.2 Å². The smallest absolute Gasteiger partial charge is 0.272 e. The maximum atomic E-state index is 12.8. The zero-order chi connectivity index (χ0) is 17.8. The van der Waals surface area contributed by atoms with E-state index in [0.717, 1.165) is 44.0 Å². The van der Waals surface area contributed by atoms with E-state index in [1.165, 1.54) is 0 Å². The first-order chi connectivity index (χ1) is 12.0. The van der Waals surface area contributed by atoms with Crippen molar-refractivity contribution in [1.82, 2.24) is 24.3 Å². The number of piperidine rings is 1. The van der Waals surface area contributed by atoms with Gasteiger partial charge in [-0.1, -0.05) is 6.07 Å². The fraction of sp³-hybridized carbons (Fsp3) is 0.526. The highest BCUT2D eigenvalue weighted by atomic mass is 16.2. The molecule has 6 heteroatoms. The summed E-state index contributed by atoms with van der Waals surface area (Å²) in [6.07, 6.45) is 5.99. The number of imidazole rings is 1. The van der Waals surface area contributed by atoms with Crippen molar-refractivity contribution in [2.45, 2.75) is 32.2 Å². The van der Waals surface area contributed by atoms with Crippen molar-refractivity contribution in [3.8, 4) is 0 Å². The Bertz CT molecular complexity index is 724. The lowest BCUT2D eigenvalue weighted by atomic mass is 9.96. The van der Waals surface area contributed by atoms with Gasteiger partial charge in [0.05, 0.1) is 0 Å². The molecule has 0 saturated carbocycles. The molecule has 3 heterocycles. The molecule has 0 bridgehead atoms. The highest BCUT2D eigenvalue weighted by Crippen LogP contribution is 2.26. The topological polar surface area (TPSA) is 54.3 Å². The van der Waals surface area contributed by atoms with Crippen LogP contribution in [-0.4, -0.2) is 64.0 Å². The van der Waals surface area contributed by atoms with Crippen LogP contribution in [0.5, 0.6) is 0 Å². The number of nitrogens with zero attached hydrogens (tertiary/aromatic N) is 5. The summed E-state index contributed by atoms with van der Waals surface area (Å²) < 4.78 is 2.23. The molecule has 0 radical (unpaired) electrons. The second-order valence-corrected chi connectivity index (χ2v) is 7.04. The fourth-order valence-electron chi connectivity index (χ4n) is 3.37. The Morgan fingerprint density at radius 3 is 2.96 bits per heavy atom. The maximum Gasteiger partial charge on any atom is 0.272 e. The third-order valence-electron chi connectivity index (χ3n) is 4.72. The standard InChI is InChI=1S/C19H27N5O/c1-15-6-4-8-17(21-15)19(25)24-10-5-7-16(14-24)18-20-9-11-23(18)13-12-22(2)3/h4,6,8-9,11,16H,5,7,10,12-14H2,1-3H3. The average molecular weight is 341 g/mol. The number of carbonyl (C=O) groups is 1. The van der Waals surface area contributed by atoms with Crippen molar-refractivity contribution in [2.24, 2.45) is 0 Å². The molecule has 1 unspecified atom stereocenters. The minimum absolute atomic E-state index is 0.0276. The summed E-state index contributed by atoms with van der Waals surface area (Å²) in [6, 6.07) is 5.61. The highest BCUT2D eigenvalue weighted by Gasteiger charge is 2.28. The highest BCUT2D eigenvalue weighted by molar-refractivity contribution is 5.92. The second kappa shape index (κ2) is 7.78. The largest absolute Gasteiger partial charge is 0.337 e. The van der Waals surface area contributed by atoms with E-state index in [9.17, 15) is 4.79 Å². The van der Waals surface area contributed by atoms with Crippen molar-refractivity contribution in [1.29, 1.82) is 0 Å². The zero-order valence-electron chi connectivity index (χ0n) is 15.4.